The Labute approximate surface area is 84.1 Å². The van der Waals surface area contributed by atoms with E-state index < -0.39 is 0 Å². The molecule has 3 nitrogen and oxygen atoms in total. The lowest BCUT2D eigenvalue weighted by molar-refractivity contribution is -0.142. The zero-order valence-electron chi connectivity index (χ0n) is 9.09. The molecule has 0 bridgehead atoms. The fourth-order valence-corrected chi connectivity index (χ4v) is 1.03. The molecular formula is C11H16O3. The minimum absolute atomic E-state index is 0.00548. The molecule has 78 valence electrons. The largest absolute Gasteiger partial charge is 0.462 e. The van der Waals surface area contributed by atoms with Crippen molar-refractivity contribution in [2.75, 3.05) is 0 Å². The van der Waals surface area contributed by atoms with Crippen LogP contribution in [0.1, 0.15) is 39.2 Å². The SMILES string of the molecule is CC(=O)OCc1ccc(C(C)(C)C)o1. The predicted molar refractivity (Wildman–Crippen MR) is 52.9 cm³/mol. The van der Waals surface area contributed by atoms with Crippen LogP contribution in [0.5, 0.6) is 0 Å². The summed E-state index contributed by atoms with van der Waals surface area (Å²) in [5.41, 5.74) is -0.00548. The number of carbonyl (C=O) groups excluding carboxylic acids is 1. The van der Waals surface area contributed by atoms with Gasteiger partial charge < -0.3 is 9.15 Å². The molecule has 1 heterocycles. The van der Waals surface area contributed by atoms with E-state index in [1.807, 2.05) is 12.1 Å². The van der Waals surface area contributed by atoms with Crippen LogP contribution in [0.4, 0.5) is 0 Å². The van der Waals surface area contributed by atoms with E-state index in [1.54, 1.807) is 0 Å². The highest BCUT2D eigenvalue weighted by Gasteiger charge is 2.18. The minimum Gasteiger partial charge on any atom is -0.462 e. The van der Waals surface area contributed by atoms with Crippen LogP contribution >= 0.6 is 0 Å². The first kappa shape index (κ1) is 10.8. The van der Waals surface area contributed by atoms with Gasteiger partial charge in [-0.2, -0.15) is 0 Å². The molecular weight excluding hydrogens is 180 g/mol. The third kappa shape index (κ3) is 2.91. The molecule has 0 aliphatic rings. The molecule has 0 amide bonds. The van der Waals surface area contributed by atoms with Gasteiger partial charge in [0.05, 0.1) is 0 Å². The molecule has 0 radical (unpaired) electrons. The molecule has 1 rings (SSSR count). The summed E-state index contributed by atoms with van der Waals surface area (Å²) in [5, 5.41) is 0. The number of hydrogen-bond donors (Lipinski definition) is 0. The second-order valence-electron chi connectivity index (χ2n) is 4.30. The van der Waals surface area contributed by atoms with Crippen LogP contribution in [0.15, 0.2) is 16.5 Å². The molecule has 14 heavy (non-hydrogen) atoms. The van der Waals surface area contributed by atoms with Crippen LogP contribution in [0, 0.1) is 0 Å². The van der Waals surface area contributed by atoms with E-state index in [1.165, 1.54) is 6.92 Å². The summed E-state index contributed by atoms with van der Waals surface area (Å²) < 4.78 is 10.3. The van der Waals surface area contributed by atoms with Gasteiger partial charge in [0.1, 0.15) is 18.1 Å². The molecule has 1 aromatic heterocycles. The van der Waals surface area contributed by atoms with Crippen molar-refractivity contribution in [1.82, 2.24) is 0 Å². The van der Waals surface area contributed by atoms with Gasteiger partial charge >= 0.3 is 5.97 Å². The summed E-state index contributed by atoms with van der Waals surface area (Å²) >= 11 is 0. The van der Waals surface area contributed by atoms with Crippen LogP contribution in [0.3, 0.4) is 0 Å². The average molecular weight is 196 g/mol. The van der Waals surface area contributed by atoms with Gasteiger partial charge in [0.15, 0.2) is 0 Å². The van der Waals surface area contributed by atoms with Crippen molar-refractivity contribution in [1.29, 1.82) is 0 Å². The third-order valence-electron chi connectivity index (χ3n) is 1.82. The van der Waals surface area contributed by atoms with Gasteiger partial charge in [0.2, 0.25) is 0 Å². The van der Waals surface area contributed by atoms with Gasteiger partial charge in [-0.1, -0.05) is 20.8 Å². The van der Waals surface area contributed by atoms with E-state index >= 15 is 0 Å². The Morgan fingerprint density at radius 3 is 2.50 bits per heavy atom. The lowest BCUT2D eigenvalue weighted by atomic mass is 9.94. The van der Waals surface area contributed by atoms with Gasteiger partial charge in [-0.25, -0.2) is 0 Å². The summed E-state index contributed by atoms with van der Waals surface area (Å²) in [6.07, 6.45) is 0. The number of carbonyl (C=O) groups is 1. The van der Waals surface area contributed by atoms with E-state index in [-0.39, 0.29) is 18.0 Å². The molecule has 0 atom stereocenters. The standard InChI is InChI=1S/C11H16O3/c1-8(12)13-7-9-5-6-10(14-9)11(2,3)4/h5-6H,7H2,1-4H3. The molecule has 0 fully saturated rings. The number of esters is 1. The van der Waals surface area contributed by atoms with Gasteiger partial charge in [-0.05, 0) is 12.1 Å². The monoisotopic (exact) mass is 196 g/mol. The first-order valence-corrected chi connectivity index (χ1v) is 4.62. The molecule has 0 aliphatic heterocycles. The van der Waals surface area contributed by atoms with Gasteiger partial charge in [0.25, 0.3) is 0 Å². The lowest BCUT2D eigenvalue weighted by Gasteiger charge is -2.14. The molecule has 0 spiro atoms. The van der Waals surface area contributed by atoms with Crippen LogP contribution in [-0.2, 0) is 21.6 Å². The third-order valence-corrected chi connectivity index (χ3v) is 1.82. The molecule has 0 saturated heterocycles. The molecule has 0 aromatic carbocycles. The maximum atomic E-state index is 10.6. The number of rotatable bonds is 2. The summed E-state index contributed by atoms with van der Waals surface area (Å²) in [7, 11) is 0. The molecule has 0 aliphatic carbocycles. The highest BCUT2D eigenvalue weighted by molar-refractivity contribution is 5.65. The maximum absolute atomic E-state index is 10.6. The van der Waals surface area contributed by atoms with Crippen LogP contribution < -0.4 is 0 Å². The van der Waals surface area contributed by atoms with E-state index in [9.17, 15) is 4.79 Å². The average Bonchev–Trinajstić information content (AvgIpc) is 2.47. The molecule has 0 unspecified atom stereocenters. The lowest BCUT2D eigenvalue weighted by Crippen LogP contribution is -2.09. The predicted octanol–water partition coefficient (Wildman–Crippen LogP) is 2.64. The maximum Gasteiger partial charge on any atom is 0.303 e. The van der Waals surface area contributed by atoms with Crippen LogP contribution in [0.2, 0.25) is 0 Å². The summed E-state index contributed by atoms with van der Waals surface area (Å²) in [6, 6.07) is 3.75. The first-order chi connectivity index (χ1) is 6.39. The van der Waals surface area contributed by atoms with Crippen molar-refractivity contribution < 1.29 is 13.9 Å². The molecule has 1 aromatic rings. The summed E-state index contributed by atoms with van der Waals surface area (Å²) in [6.45, 7) is 7.81. The Morgan fingerprint density at radius 1 is 1.43 bits per heavy atom. The summed E-state index contributed by atoms with van der Waals surface area (Å²) in [5.74, 6) is 1.29. The van der Waals surface area contributed by atoms with Crippen molar-refractivity contribution in [2.45, 2.75) is 39.7 Å². The topological polar surface area (TPSA) is 39.4 Å². The summed E-state index contributed by atoms with van der Waals surface area (Å²) in [4.78, 5) is 10.6. The van der Waals surface area contributed by atoms with E-state index in [0.29, 0.717) is 5.76 Å². The van der Waals surface area contributed by atoms with Crippen molar-refractivity contribution >= 4 is 5.97 Å². The second kappa shape index (κ2) is 3.86. The second-order valence-corrected chi connectivity index (χ2v) is 4.30. The minimum atomic E-state index is -0.293. The van der Waals surface area contributed by atoms with E-state index in [4.69, 9.17) is 9.15 Å². The first-order valence-electron chi connectivity index (χ1n) is 4.62. The molecule has 3 heteroatoms. The fourth-order valence-electron chi connectivity index (χ4n) is 1.03. The van der Waals surface area contributed by atoms with Crippen molar-refractivity contribution in [3.05, 3.63) is 23.7 Å². The number of hydrogen-bond acceptors (Lipinski definition) is 3. The zero-order chi connectivity index (χ0) is 10.8. The van der Waals surface area contributed by atoms with E-state index in [0.717, 1.165) is 5.76 Å². The van der Waals surface area contributed by atoms with Gasteiger partial charge in [-0.3, -0.25) is 4.79 Å². The Morgan fingerprint density at radius 2 is 2.07 bits per heavy atom. The van der Waals surface area contributed by atoms with Crippen molar-refractivity contribution in [2.24, 2.45) is 0 Å². The normalized spacial score (nSPS) is 11.4. The smallest absolute Gasteiger partial charge is 0.303 e. The van der Waals surface area contributed by atoms with Gasteiger partial charge in [0, 0.05) is 12.3 Å². The zero-order valence-corrected chi connectivity index (χ0v) is 9.09. The highest BCUT2D eigenvalue weighted by Crippen LogP contribution is 2.24. The fraction of sp³-hybridized carbons (Fsp3) is 0.545. The highest BCUT2D eigenvalue weighted by atomic mass is 16.5. The molecule has 0 saturated carbocycles. The van der Waals surface area contributed by atoms with Gasteiger partial charge in [-0.15, -0.1) is 0 Å². The van der Waals surface area contributed by atoms with Crippen molar-refractivity contribution in [3.63, 3.8) is 0 Å². The molecule has 0 N–H and O–H groups in total. The quantitative estimate of drug-likeness (QED) is 0.682. The van der Waals surface area contributed by atoms with Crippen molar-refractivity contribution in [3.8, 4) is 0 Å². The number of furan rings is 1. The van der Waals surface area contributed by atoms with Crippen LogP contribution in [0.25, 0.3) is 0 Å². The Bertz CT molecular complexity index is 318. The van der Waals surface area contributed by atoms with E-state index in [2.05, 4.69) is 20.8 Å². The Balaban J connectivity index is 2.64. The Hall–Kier alpha value is -1.25. The van der Waals surface area contributed by atoms with Crippen LogP contribution in [-0.4, -0.2) is 5.97 Å². The number of ether oxygens (including phenoxy) is 1. The Kier molecular flexibility index (Phi) is 2.99.